The summed E-state index contributed by atoms with van der Waals surface area (Å²) in [5.41, 5.74) is 0.934. The molecule has 30 heavy (non-hydrogen) atoms. The Bertz CT molecular complexity index is 735. The lowest BCUT2D eigenvalue weighted by Gasteiger charge is -2.58. The summed E-state index contributed by atoms with van der Waals surface area (Å²) in [5, 5.41) is 0. The molecule has 0 saturated heterocycles. The smallest absolute Gasteiger partial charge is 0.140 e. The van der Waals surface area contributed by atoms with E-state index in [9.17, 15) is 4.79 Å². The summed E-state index contributed by atoms with van der Waals surface area (Å²) in [6.45, 7) is 14.7. The first kappa shape index (κ1) is 21.3. The average molecular weight is 411 g/mol. The standard InChI is InChI=1S/C29H46O/c1-7-20(18(2)3)9-8-19(4)23-10-11-24-22-16-26(30)29-17-21(29)12-15-28(29,6)25(22)13-14-27(23,24)5/h8-9,18-25H,7,10-17H2,1-6H3/b9-8+/t19-,20?,21-,22+,23-,24+,25+,27-,28-,29+/m1/s1. The molecule has 0 N–H and O–H groups in total. The topological polar surface area (TPSA) is 17.1 Å². The van der Waals surface area contributed by atoms with Crippen LogP contribution in [0.1, 0.15) is 99.3 Å². The van der Waals surface area contributed by atoms with Crippen molar-refractivity contribution in [2.24, 2.45) is 63.6 Å². The largest absolute Gasteiger partial charge is 0.299 e. The second-order valence-electron chi connectivity index (χ2n) is 13.1. The quantitative estimate of drug-likeness (QED) is 0.424. The lowest BCUT2D eigenvalue weighted by molar-refractivity contribution is -0.151. The molecule has 5 fully saturated rings. The fourth-order valence-electron chi connectivity index (χ4n) is 10.2. The van der Waals surface area contributed by atoms with E-state index in [-0.39, 0.29) is 5.41 Å². The number of carbonyl (C=O) groups excluding carboxylic acids is 1. The average Bonchev–Trinajstić information content (AvgIpc) is 3.22. The number of rotatable bonds is 5. The van der Waals surface area contributed by atoms with Crippen molar-refractivity contribution in [2.75, 3.05) is 0 Å². The van der Waals surface area contributed by atoms with Gasteiger partial charge < -0.3 is 0 Å². The van der Waals surface area contributed by atoms with Crippen molar-refractivity contribution in [3.8, 4) is 0 Å². The molecule has 0 aromatic heterocycles. The van der Waals surface area contributed by atoms with E-state index in [0.29, 0.717) is 34.4 Å². The minimum Gasteiger partial charge on any atom is -0.299 e. The molecule has 5 saturated carbocycles. The van der Waals surface area contributed by atoms with Gasteiger partial charge in [0.15, 0.2) is 0 Å². The zero-order valence-corrected chi connectivity index (χ0v) is 20.5. The van der Waals surface area contributed by atoms with E-state index in [1.807, 2.05) is 0 Å². The van der Waals surface area contributed by atoms with Crippen molar-refractivity contribution in [2.45, 2.75) is 99.3 Å². The molecule has 0 bridgehead atoms. The van der Waals surface area contributed by atoms with Crippen LogP contribution in [0.15, 0.2) is 12.2 Å². The molecule has 1 spiro atoms. The first-order chi connectivity index (χ1) is 14.2. The highest BCUT2D eigenvalue weighted by Crippen LogP contribution is 2.80. The Morgan fingerprint density at radius 3 is 2.43 bits per heavy atom. The van der Waals surface area contributed by atoms with Gasteiger partial charge in [0.25, 0.3) is 0 Å². The second-order valence-corrected chi connectivity index (χ2v) is 13.1. The van der Waals surface area contributed by atoms with Crippen molar-refractivity contribution in [1.29, 1.82) is 0 Å². The third-order valence-electron chi connectivity index (χ3n) is 12.0. The monoisotopic (exact) mass is 410 g/mol. The lowest BCUT2D eigenvalue weighted by Crippen LogP contribution is -2.55. The molecule has 1 heteroatoms. The van der Waals surface area contributed by atoms with Crippen LogP contribution in [0.5, 0.6) is 0 Å². The van der Waals surface area contributed by atoms with Crippen LogP contribution >= 0.6 is 0 Å². The maximum atomic E-state index is 13.5. The summed E-state index contributed by atoms with van der Waals surface area (Å²) in [7, 11) is 0. The first-order valence-electron chi connectivity index (χ1n) is 13.4. The summed E-state index contributed by atoms with van der Waals surface area (Å²) in [4.78, 5) is 13.5. The number of hydrogen-bond acceptors (Lipinski definition) is 1. The van der Waals surface area contributed by atoms with Crippen LogP contribution in [0.4, 0.5) is 0 Å². The first-order valence-corrected chi connectivity index (χ1v) is 13.4. The fraction of sp³-hybridized carbons (Fsp3) is 0.897. The number of fused-ring (bicyclic) bond motifs is 4. The molecule has 0 radical (unpaired) electrons. The van der Waals surface area contributed by atoms with Gasteiger partial charge in [-0.2, -0.15) is 0 Å². The molecular formula is C29H46O. The van der Waals surface area contributed by atoms with Gasteiger partial charge in [0.05, 0.1) is 0 Å². The third-order valence-corrected chi connectivity index (χ3v) is 12.0. The molecule has 10 atom stereocenters. The summed E-state index contributed by atoms with van der Waals surface area (Å²) in [6, 6.07) is 0. The minimum absolute atomic E-state index is 0.141. The Morgan fingerprint density at radius 1 is 1.00 bits per heavy atom. The molecule has 0 aliphatic heterocycles. The van der Waals surface area contributed by atoms with Crippen LogP contribution in [-0.4, -0.2) is 5.78 Å². The maximum Gasteiger partial charge on any atom is 0.140 e. The van der Waals surface area contributed by atoms with Crippen molar-refractivity contribution < 1.29 is 4.79 Å². The van der Waals surface area contributed by atoms with Gasteiger partial charge in [-0.25, -0.2) is 0 Å². The number of carbonyl (C=O) groups is 1. The van der Waals surface area contributed by atoms with Crippen molar-refractivity contribution in [3.63, 3.8) is 0 Å². The van der Waals surface area contributed by atoms with Gasteiger partial charge in [0, 0.05) is 11.8 Å². The molecular weight excluding hydrogens is 364 g/mol. The van der Waals surface area contributed by atoms with Crippen LogP contribution in [0.2, 0.25) is 0 Å². The molecule has 0 aromatic carbocycles. The van der Waals surface area contributed by atoms with Gasteiger partial charge in [0.1, 0.15) is 5.78 Å². The van der Waals surface area contributed by atoms with E-state index in [0.717, 1.165) is 36.0 Å². The summed E-state index contributed by atoms with van der Waals surface area (Å²) < 4.78 is 0. The summed E-state index contributed by atoms with van der Waals surface area (Å²) in [6.07, 6.45) is 16.8. The van der Waals surface area contributed by atoms with Crippen LogP contribution in [0.25, 0.3) is 0 Å². The Hall–Kier alpha value is -0.590. The Morgan fingerprint density at radius 2 is 1.77 bits per heavy atom. The Labute approximate surface area is 185 Å². The second kappa shape index (κ2) is 6.95. The number of allylic oxidation sites excluding steroid dienone is 2. The molecule has 168 valence electrons. The predicted molar refractivity (Wildman–Crippen MR) is 125 cm³/mol. The van der Waals surface area contributed by atoms with E-state index in [4.69, 9.17) is 0 Å². The summed E-state index contributed by atoms with van der Waals surface area (Å²) in [5.74, 6) is 6.69. The van der Waals surface area contributed by atoms with Crippen LogP contribution in [0.3, 0.4) is 0 Å². The van der Waals surface area contributed by atoms with E-state index in [1.165, 1.54) is 51.4 Å². The van der Waals surface area contributed by atoms with Crippen molar-refractivity contribution in [1.82, 2.24) is 0 Å². The van der Waals surface area contributed by atoms with Gasteiger partial charge in [0.2, 0.25) is 0 Å². The van der Waals surface area contributed by atoms with E-state index in [1.54, 1.807) is 0 Å². The highest BCUT2D eigenvalue weighted by atomic mass is 16.1. The fourth-order valence-corrected chi connectivity index (χ4v) is 10.2. The zero-order valence-electron chi connectivity index (χ0n) is 20.5. The van der Waals surface area contributed by atoms with Crippen LogP contribution in [-0.2, 0) is 4.79 Å². The Balaban J connectivity index is 1.37. The highest BCUT2D eigenvalue weighted by molar-refractivity contribution is 5.91. The van der Waals surface area contributed by atoms with Crippen LogP contribution in [0, 0.1) is 63.6 Å². The SMILES string of the molecule is CCC(/C=C/[C@@H](C)[C@H]1CC[C@H]2[C@@H]3CC(=O)[C@]45C[C@H]4CC[C@]5(C)[C@H]3CC[C@]12C)C(C)C. The van der Waals surface area contributed by atoms with Gasteiger partial charge in [-0.15, -0.1) is 0 Å². The molecule has 1 unspecified atom stereocenters. The van der Waals surface area contributed by atoms with Crippen LogP contribution < -0.4 is 0 Å². The lowest BCUT2D eigenvalue weighted by atomic mass is 9.45. The predicted octanol–water partition coefficient (Wildman–Crippen LogP) is 7.70. The van der Waals surface area contributed by atoms with Gasteiger partial charge in [-0.05, 0) is 110 Å². The molecule has 5 rings (SSSR count). The number of Topliss-reactive ketones (excluding diaryl/α,β-unsaturated/α-hetero) is 1. The highest BCUT2D eigenvalue weighted by Gasteiger charge is 2.77. The van der Waals surface area contributed by atoms with Gasteiger partial charge in [-0.3, -0.25) is 4.79 Å². The Kier molecular flexibility index (Phi) is 4.93. The van der Waals surface area contributed by atoms with Crippen molar-refractivity contribution >= 4 is 5.78 Å². The van der Waals surface area contributed by atoms with E-state index < -0.39 is 0 Å². The molecule has 1 nitrogen and oxygen atoms in total. The van der Waals surface area contributed by atoms with E-state index in [2.05, 4.69) is 53.7 Å². The third kappa shape index (κ3) is 2.62. The molecule has 0 heterocycles. The van der Waals surface area contributed by atoms with Gasteiger partial charge >= 0.3 is 0 Å². The number of ketones is 1. The van der Waals surface area contributed by atoms with E-state index >= 15 is 0 Å². The number of hydrogen-bond donors (Lipinski definition) is 0. The van der Waals surface area contributed by atoms with Gasteiger partial charge in [-0.1, -0.05) is 53.7 Å². The molecule has 5 aliphatic carbocycles. The molecule has 0 amide bonds. The molecule has 5 aliphatic rings. The molecule has 0 aromatic rings. The normalized spacial score (nSPS) is 51.4. The maximum absolute atomic E-state index is 13.5. The minimum atomic E-state index is 0.141. The summed E-state index contributed by atoms with van der Waals surface area (Å²) >= 11 is 0. The zero-order chi connectivity index (χ0) is 21.5. The van der Waals surface area contributed by atoms with Crippen molar-refractivity contribution in [3.05, 3.63) is 12.2 Å².